The third-order valence-electron chi connectivity index (χ3n) is 4.61. The number of hydrogen-bond acceptors (Lipinski definition) is 5. The van der Waals surface area contributed by atoms with E-state index < -0.39 is 17.8 Å². The lowest BCUT2D eigenvalue weighted by Crippen LogP contribution is -2.36. The Hall–Kier alpha value is -1.70. The molecule has 0 aromatic carbocycles. The number of fused-ring (bicyclic) bond motifs is 2. The fourth-order valence-corrected chi connectivity index (χ4v) is 5.39. The Balaban J connectivity index is 1.51. The van der Waals surface area contributed by atoms with E-state index in [1.54, 1.807) is 6.07 Å². The Morgan fingerprint density at radius 2 is 2.00 bits per heavy atom. The predicted molar refractivity (Wildman–Crippen MR) is 94.4 cm³/mol. The summed E-state index contributed by atoms with van der Waals surface area (Å²) in [7, 11) is 0. The Morgan fingerprint density at radius 3 is 2.67 bits per heavy atom. The average molecular weight is 381 g/mol. The minimum atomic E-state index is -0.903. The molecule has 5 nitrogen and oxygen atoms in total. The lowest BCUT2D eigenvalue weighted by molar-refractivity contribution is -0.146. The second-order valence-corrected chi connectivity index (χ2v) is 8.54. The van der Waals surface area contributed by atoms with Crippen LogP contribution in [0.25, 0.3) is 10.6 Å². The topological polar surface area (TPSA) is 79.3 Å². The number of halogens is 1. The molecule has 1 amide bonds. The van der Waals surface area contributed by atoms with E-state index in [4.69, 9.17) is 11.6 Å². The van der Waals surface area contributed by atoms with Crippen molar-refractivity contribution in [3.8, 4) is 10.6 Å². The molecular weight excluding hydrogens is 368 g/mol. The summed E-state index contributed by atoms with van der Waals surface area (Å²) in [5.74, 6) is -2.36. The van der Waals surface area contributed by atoms with Gasteiger partial charge in [-0.05, 0) is 30.4 Å². The molecular formula is C16H13ClN2O3S2. The van der Waals surface area contributed by atoms with Crippen LogP contribution in [0.5, 0.6) is 0 Å². The van der Waals surface area contributed by atoms with Crippen LogP contribution in [0.15, 0.2) is 29.7 Å². The minimum absolute atomic E-state index is 0.00614. The van der Waals surface area contributed by atoms with Crippen LogP contribution in [0, 0.1) is 23.7 Å². The SMILES string of the molecule is O=C(Nc1nc(-c2ccc(Cl)s2)cs1)[C@@H]1[C@H](C(=O)O)[C@H]2C=C[C@H]1C2. The van der Waals surface area contributed by atoms with Gasteiger partial charge in [-0.25, -0.2) is 4.98 Å². The van der Waals surface area contributed by atoms with Crippen LogP contribution >= 0.6 is 34.3 Å². The number of carbonyl (C=O) groups excluding carboxylic acids is 1. The van der Waals surface area contributed by atoms with Crippen LogP contribution in [0.1, 0.15) is 6.42 Å². The number of aromatic nitrogens is 1. The van der Waals surface area contributed by atoms with E-state index in [-0.39, 0.29) is 17.7 Å². The van der Waals surface area contributed by atoms with E-state index >= 15 is 0 Å². The molecule has 1 saturated carbocycles. The van der Waals surface area contributed by atoms with Crippen LogP contribution < -0.4 is 5.32 Å². The number of amides is 1. The second-order valence-electron chi connectivity index (χ2n) is 5.97. The molecule has 1 fully saturated rings. The van der Waals surface area contributed by atoms with E-state index in [9.17, 15) is 14.7 Å². The summed E-state index contributed by atoms with van der Waals surface area (Å²) < 4.78 is 0.682. The van der Waals surface area contributed by atoms with Crippen molar-refractivity contribution >= 4 is 51.3 Å². The number of thiazole rings is 1. The van der Waals surface area contributed by atoms with Gasteiger partial charge in [-0.3, -0.25) is 9.59 Å². The second kappa shape index (κ2) is 5.98. The Kier molecular flexibility index (Phi) is 3.94. The third kappa shape index (κ3) is 2.66. The number of rotatable bonds is 4. The number of allylic oxidation sites excluding steroid dienone is 2. The predicted octanol–water partition coefficient (Wildman–Crippen LogP) is 3.99. The number of carbonyl (C=O) groups is 2. The first kappa shape index (κ1) is 15.8. The number of anilines is 1. The van der Waals surface area contributed by atoms with Gasteiger partial charge in [0.1, 0.15) is 0 Å². The maximum absolute atomic E-state index is 12.6. The van der Waals surface area contributed by atoms with Gasteiger partial charge in [0.05, 0.1) is 26.7 Å². The van der Waals surface area contributed by atoms with Gasteiger partial charge in [-0.15, -0.1) is 22.7 Å². The van der Waals surface area contributed by atoms with Crippen molar-refractivity contribution in [1.29, 1.82) is 0 Å². The number of aliphatic carboxylic acids is 1. The normalized spacial score (nSPS) is 27.5. The highest BCUT2D eigenvalue weighted by Crippen LogP contribution is 2.48. The lowest BCUT2D eigenvalue weighted by atomic mass is 9.82. The molecule has 2 aromatic heterocycles. The molecule has 24 heavy (non-hydrogen) atoms. The zero-order valence-corrected chi connectivity index (χ0v) is 14.7. The van der Waals surface area contributed by atoms with Crippen LogP contribution in [0.4, 0.5) is 5.13 Å². The van der Waals surface area contributed by atoms with E-state index in [2.05, 4.69) is 10.3 Å². The summed E-state index contributed by atoms with van der Waals surface area (Å²) in [6.45, 7) is 0. The Labute approximate surface area is 151 Å². The van der Waals surface area contributed by atoms with Crippen molar-refractivity contribution in [2.75, 3.05) is 5.32 Å². The first-order valence-electron chi connectivity index (χ1n) is 7.46. The standard InChI is InChI=1S/C16H13ClN2O3S2/c17-11-4-3-10(24-11)9-6-23-16(18-9)19-14(20)12-7-1-2-8(5-7)13(12)15(21)22/h1-4,6-8,12-13H,5H2,(H,21,22)(H,18,19,20)/t7-,8-,12-,13+/m0/s1. The maximum atomic E-state index is 12.6. The zero-order chi connectivity index (χ0) is 16.8. The largest absolute Gasteiger partial charge is 0.481 e. The highest BCUT2D eigenvalue weighted by atomic mass is 35.5. The summed E-state index contributed by atoms with van der Waals surface area (Å²) in [4.78, 5) is 29.5. The molecule has 2 aliphatic carbocycles. The van der Waals surface area contributed by atoms with E-state index in [1.165, 1.54) is 22.7 Å². The monoisotopic (exact) mass is 380 g/mol. The molecule has 124 valence electrons. The Morgan fingerprint density at radius 1 is 1.25 bits per heavy atom. The van der Waals surface area contributed by atoms with E-state index in [0.717, 1.165) is 17.0 Å². The van der Waals surface area contributed by atoms with Gasteiger partial charge in [-0.1, -0.05) is 23.8 Å². The van der Waals surface area contributed by atoms with Gasteiger partial charge in [0.15, 0.2) is 5.13 Å². The molecule has 2 heterocycles. The highest BCUT2D eigenvalue weighted by Gasteiger charge is 2.51. The quantitative estimate of drug-likeness (QED) is 0.786. The molecule has 2 aromatic rings. The number of hydrogen-bond donors (Lipinski definition) is 2. The van der Waals surface area contributed by atoms with Crippen LogP contribution in [-0.2, 0) is 9.59 Å². The third-order valence-corrected chi connectivity index (χ3v) is 6.62. The van der Waals surface area contributed by atoms with Crippen LogP contribution in [0.2, 0.25) is 4.34 Å². The van der Waals surface area contributed by atoms with Crippen molar-refractivity contribution in [3.05, 3.63) is 34.0 Å². The molecule has 4 atom stereocenters. The number of carboxylic acids is 1. The minimum Gasteiger partial charge on any atom is -0.481 e. The van der Waals surface area contributed by atoms with Crippen LogP contribution in [0.3, 0.4) is 0 Å². The first-order valence-corrected chi connectivity index (χ1v) is 9.53. The van der Waals surface area contributed by atoms with Crippen molar-refractivity contribution in [2.24, 2.45) is 23.7 Å². The van der Waals surface area contributed by atoms with Gasteiger partial charge >= 0.3 is 5.97 Å². The van der Waals surface area contributed by atoms with Gasteiger partial charge < -0.3 is 10.4 Å². The van der Waals surface area contributed by atoms with E-state index in [0.29, 0.717) is 9.47 Å². The molecule has 0 saturated heterocycles. The van der Waals surface area contributed by atoms with Crippen molar-refractivity contribution in [1.82, 2.24) is 4.98 Å². The van der Waals surface area contributed by atoms with Gasteiger partial charge in [0, 0.05) is 5.38 Å². The fraction of sp³-hybridized carbons (Fsp3) is 0.312. The number of nitrogens with one attached hydrogen (secondary N) is 1. The van der Waals surface area contributed by atoms with E-state index in [1.807, 2.05) is 23.6 Å². The molecule has 4 rings (SSSR count). The first-order chi connectivity index (χ1) is 11.5. The van der Waals surface area contributed by atoms with Crippen molar-refractivity contribution in [2.45, 2.75) is 6.42 Å². The molecule has 2 aliphatic rings. The van der Waals surface area contributed by atoms with Gasteiger partial charge in [0.2, 0.25) is 5.91 Å². The highest BCUT2D eigenvalue weighted by molar-refractivity contribution is 7.20. The van der Waals surface area contributed by atoms with Gasteiger partial charge in [-0.2, -0.15) is 0 Å². The summed E-state index contributed by atoms with van der Waals surface area (Å²) >= 11 is 8.68. The maximum Gasteiger partial charge on any atom is 0.307 e. The number of thiophene rings is 1. The fourth-order valence-electron chi connectivity index (χ4n) is 3.60. The molecule has 8 heteroatoms. The molecule has 2 N–H and O–H groups in total. The molecule has 0 radical (unpaired) electrons. The number of carboxylic acid groups (broad SMARTS) is 1. The zero-order valence-electron chi connectivity index (χ0n) is 12.3. The molecule has 0 spiro atoms. The molecule has 2 bridgehead atoms. The van der Waals surface area contributed by atoms with Gasteiger partial charge in [0.25, 0.3) is 0 Å². The van der Waals surface area contributed by atoms with Crippen molar-refractivity contribution < 1.29 is 14.7 Å². The lowest BCUT2D eigenvalue weighted by Gasteiger charge is -2.23. The average Bonchev–Trinajstić information content (AvgIpc) is 3.29. The summed E-state index contributed by atoms with van der Waals surface area (Å²) in [5.41, 5.74) is 0.759. The smallest absolute Gasteiger partial charge is 0.307 e. The van der Waals surface area contributed by atoms with Crippen molar-refractivity contribution in [3.63, 3.8) is 0 Å². The molecule has 0 unspecified atom stereocenters. The Bertz CT molecular complexity index is 844. The summed E-state index contributed by atoms with van der Waals surface area (Å²) in [6, 6.07) is 3.69. The summed E-state index contributed by atoms with van der Waals surface area (Å²) in [6.07, 6.45) is 4.64. The number of nitrogens with zero attached hydrogens (tertiary/aromatic N) is 1. The van der Waals surface area contributed by atoms with Crippen LogP contribution in [-0.4, -0.2) is 22.0 Å². The summed E-state index contributed by atoms with van der Waals surface area (Å²) in [5, 5.41) is 14.6. The molecule has 0 aliphatic heterocycles.